The van der Waals surface area contributed by atoms with Gasteiger partial charge in [-0.05, 0) is 14.1 Å². The van der Waals surface area contributed by atoms with Gasteiger partial charge in [0.25, 0.3) is 0 Å². The summed E-state index contributed by atoms with van der Waals surface area (Å²) < 4.78 is 0. The molecule has 1 nitrogen and oxygen atoms in total. The Labute approximate surface area is 46.9 Å². The number of rotatable bonds is 0. The first-order valence-electron chi connectivity index (χ1n) is 1.15. The Morgan fingerprint density at radius 1 is 1.40 bits per heavy atom. The quantitative estimate of drug-likeness (QED) is 0.432. The summed E-state index contributed by atoms with van der Waals surface area (Å²) in [6.07, 6.45) is 0. The maximum absolute atomic E-state index is 4.94. The topological polar surface area (TPSA) is 3.24 Å². The zero-order valence-electron chi connectivity index (χ0n) is 3.38. The molecule has 0 aliphatic carbocycles. The van der Waals surface area contributed by atoms with Crippen molar-refractivity contribution in [1.29, 1.82) is 0 Å². The van der Waals surface area contributed by atoms with Crippen LogP contribution < -0.4 is 0 Å². The average molecular weight is 156 g/mol. The second-order valence-electron chi connectivity index (χ2n) is 0.964. The molecule has 5 heavy (non-hydrogen) atoms. The van der Waals surface area contributed by atoms with Crippen LogP contribution in [0.1, 0.15) is 0 Å². The minimum absolute atomic E-state index is 0. The van der Waals surface area contributed by atoms with Gasteiger partial charge in [0.1, 0.15) is 0 Å². The smallest absolute Gasteiger partial charge is 0.181 e. The molecule has 0 atom stereocenters. The molecule has 0 aliphatic rings. The van der Waals surface area contributed by atoms with E-state index in [1.165, 1.54) is 4.81 Å². The summed E-state index contributed by atoms with van der Waals surface area (Å²) in [6, 6.07) is 0. The minimum Gasteiger partial charge on any atom is -0.359 e. The van der Waals surface area contributed by atoms with Gasteiger partial charge in [0.05, 0.1) is 0 Å². The van der Waals surface area contributed by atoms with Gasteiger partial charge in [-0.25, -0.2) is 0 Å². The molecule has 0 unspecified atom stereocenters. The molecule has 0 saturated heterocycles. The Balaban J connectivity index is 0. The van der Waals surface area contributed by atoms with Gasteiger partial charge >= 0.3 is 0 Å². The molecule has 0 rings (SSSR count). The second-order valence-corrected chi connectivity index (χ2v) is 0.964. The predicted octanol–water partition coefficient (Wildman–Crippen LogP) is -0.371. The van der Waals surface area contributed by atoms with Crippen molar-refractivity contribution in [1.82, 2.24) is 4.81 Å². The van der Waals surface area contributed by atoms with Gasteiger partial charge in [-0.15, -0.1) is 0 Å². The van der Waals surface area contributed by atoms with Crippen molar-refractivity contribution in [3.63, 3.8) is 0 Å². The average Bonchev–Trinajstić information content (AvgIpc) is 0.811. The van der Waals surface area contributed by atoms with Crippen LogP contribution in [-0.4, -0.2) is 26.9 Å². The Morgan fingerprint density at radius 2 is 1.40 bits per heavy atom. The molecule has 0 fully saturated rings. The van der Waals surface area contributed by atoms with E-state index in [0.717, 1.165) is 0 Å². The number of nitrogens with zero attached hydrogens (tertiary/aromatic N) is 1. The normalized spacial score (nSPS) is 7.00. The van der Waals surface area contributed by atoms with Crippen molar-refractivity contribution in [3.05, 3.63) is 0 Å². The Hall–Kier alpha value is 0.648. The van der Waals surface area contributed by atoms with Crippen molar-refractivity contribution in [3.8, 4) is 0 Å². The molecular weight excluding hydrogens is 150 g/mol. The molecule has 30 valence electrons. The van der Waals surface area contributed by atoms with Crippen LogP contribution in [0.3, 0.4) is 0 Å². The molecule has 0 aromatic heterocycles. The van der Waals surface area contributed by atoms with Crippen molar-refractivity contribution in [2.45, 2.75) is 0 Å². The molecule has 0 saturated carbocycles. The summed E-state index contributed by atoms with van der Waals surface area (Å²) in [5.74, 6) is 0. The SMILES string of the molecule is [B]N(C)C.[Ru]. The third kappa shape index (κ3) is 77.6. The summed E-state index contributed by atoms with van der Waals surface area (Å²) in [5.41, 5.74) is 0. The first kappa shape index (κ1) is 9.17. The first-order chi connectivity index (χ1) is 1.73. The van der Waals surface area contributed by atoms with Crippen molar-refractivity contribution in [2.75, 3.05) is 14.1 Å². The summed E-state index contributed by atoms with van der Waals surface area (Å²) in [7, 11) is 8.50. The fourth-order valence-corrected chi connectivity index (χ4v) is 0. The van der Waals surface area contributed by atoms with E-state index < -0.39 is 0 Å². The zero-order valence-corrected chi connectivity index (χ0v) is 5.12. The Morgan fingerprint density at radius 3 is 1.40 bits per heavy atom. The molecule has 0 aromatic carbocycles. The fraction of sp³-hybridized carbons (Fsp3) is 1.00. The van der Waals surface area contributed by atoms with Crippen LogP contribution in [0, 0.1) is 0 Å². The van der Waals surface area contributed by atoms with Gasteiger partial charge in [0, 0.05) is 19.5 Å². The largest absolute Gasteiger partial charge is 0.359 e. The van der Waals surface area contributed by atoms with E-state index in [1.54, 1.807) is 14.1 Å². The van der Waals surface area contributed by atoms with E-state index in [9.17, 15) is 0 Å². The third-order valence-corrected chi connectivity index (χ3v) is 0. The van der Waals surface area contributed by atoms with Gasteiger partial charge < -0.3 is 4.81 Å². The Kier molecular flexibility index (Phi) is 8.52. The number of hydrogen-bond donors (Lipinski definition) is 0. The van der Waals surface area contributed by atoms with Crippen LogP contribution >= 0.6 is 0 Å². The van der Waals surface area contributed by atoms with Crippen molar-refractivity contribution in [2.24, 2.45) is 0 Å². The predicted molar refractivity (Wildman–Crippen MR) is 19.4 cm³/mol. The van der Waals surface area contributed by atoms with Crippen LogP contribution in [0.15, 0.2) is 0 Å². The van der Waals surface area contributed by atoms with Crippen LogP contribution in [-0.2, 0) is 19.5 Å². The molecule has 0 spiro atoms. The van der Waals surface area contributed by atoms with Crippen LogP contribution in [0.25, 0.3) is 0 Å². The molecule has 0 aliphatic heterocycles. The van der Waals surface area contributed by atoms with E-state index >= 15 is 0 Å². The maximum Gasteiger partial charge on any atom is 0.181 e. The Bertz CT molecular complexity index is 14.4. The number of hydrogen-bond acceptors (Lipinski definition) is 1. The zero-order chi connectivity index (χ0) is 3.58. The minimum atomic E-state index is 0. The van der Waals surface area contributed by atoms with E-state index in [0.29, 0.717) is 0 Å². The van der Waals surface area contributed by atoms with Gasteiger partial charge in [-0.1, -0.05) is 0 Å². The van der Waals surface area contributed by atoms with Gasteiger partial charge in [0.15, 0.2) is 7.98 Å². The van der Waals surface area contributed by atoms with Gasteiger partial charge in [-0.3, -0.25) is 0 Å². The van der Waals surface area contributed by atoms with E-state index in [1.807, 2.05) is 0 Å². The molecule has 2 radical (unpaired) electrons. The summed E-state index contributed by atoms with van der Waals surface area (Å²) in [6.45, 7) is 0. The summed E-state index contributed by atoms with van der Waals surface area (Å²) in [4.78, 5) is 1.50. The van der Waals surface area contributed by atoms with Gasteiger partial charge in [-0.2, -0.15) is 0 Å². The molecule has 0 heterocycles. The van der Waals surface area contributed by atoms with Crippen molar-refractivity contribution < 1.29 is 19.5 Å². The van der Waals surface area contributed by atoms with Crippen LogP contribution in [0.2, 0.25) is 0 Å². The third-order valence-electron chi connectivity index (χ3n) is 0. The molecule has 0 bridgehead atoms. The second kappa shape index (κ2) is 4.65. The van der Waals surface area contributed by atoms with Crippen molar-refractivity contribution >= 4 is 7.98 Å². The molecule has 0 amide bonds. The molecule has 0 aromatic rings. The maximum atomic E-state index is 4.94. The molecule has 3 heteroatoms. The van der Waals surface area contributed by atoms with E-state index in [4.69, 9.17) is 7.98 Å². The first-order valence-corrected chi connectivity index (χ1v) is 1.15. The van der Waals surface area contributed by atoms with Crippen LogP contribution in [0.5, 0.6) is 0 Å². The van der Waals surface area contributed by atoms with Gasteiger partial charge in [0.2, 0.25) is 0 Å². The fourth-order valence-electron chi connectivity index (χ4n) is 0. The molecular formula is C2H6BNRu. The monoisotopic (exact) mass is 157 g/mol. The standard InChI is InChI=1S/C2H6BN.Ru/c1-4(2)3;/h1-2H3;. The summed E-state index contributed by atoms with van der Waals surface area (Å²) >= 11 is 0. The van der Waals surface area contributed by atoms with Crippen LogP contribution in [0.4, 0.5) is 0 Å². The molecule has 0 N–H and O–H groups in total. The summed E-state index contributed by atoms with van der Waals surface area (Å²) in [5, 5.41) is 0. The van der Waals surface area contributed by atoms with E-state index in [2.05, 4.69) is 0 Å². The van der Waals surface area contributed by atoms with E-state index in [-0.39, 0.29) is 19.5 Å².